The van der Waals surface area contributed by atoms with E-state index in [-0.39, 0.29) is 11.8 Å². The molecule has 6 heteroatoms. The van der Waals surface area contributed by atoms with Gasteiger partial charge in [0.1, 0.15) is 5.41 Å². The van der Waals surface area contributed by atoms with Gasteiger partial charge >= 0.3 is 0 Å². The lowest BCUT2D eigenvalue weighted by molar-refractivity contribution is -0.138. The molecule has 0 aliphatic heterocycles. The molecule has 1 rings (SSSR count). The molecule has 2 amide bonds. The van der Waals surface area contributed by atoms with Gasteiger partial charge in [0.2, 0.25) is 11.8 Å². The van der Waals surface area contributed by atoms with Crippen LogP contribution in [-0.2, 0) is 9.59 Å². The fourth-order valence-electron chi connectivity index (χ4n) is 1.77. The summed E-state index contributed by atoms with van der Waals surface area (Å²) in [5.74, 6) is -0.648. The maximum atomic E-state index is 12.3. The number of halogens is 1. The van der Waals surface area contributed by atoms with E-state index in [0.717, 1.165) is 13.0 Å². The standard InChI is InChI=1S/C16H24ClN3O2/c1-16(2,14(21)18-9-6-10-20(3)4)15(22)19-13-8-5-7-12(17)11-13/h5,7-8,11H,6,9-10H2,1-4H3,(H,18,21)(H,19,22). The third-order valence-electron chi connectivity index (χ3n) is 3.29. The minimum atomic E-state index is -1.15. The maximum absolute atomic E-state index is 12.3. The second kappa shape index (κ2) is 8.15. The Morgan fingerprint density at radius 1 is 1.23 bits per heavy atom. The van der Waals surface area contributed by atoms with Crippen LogP contribution >= 0.6 is 11.6 Å². The summed E-state index contributed by atoms with van der Waals surface area (Å²) in [4.78, 5) is 26.5. The van der Waals surface area contributed by atoms with Crippen molar-refractivity contribution in [3.05, 3.63) is 29.3 Å². The van der Waals surface area contributed by atoms with Gasteiger partial charge in [0.05, 0.1) is 0 Å². The minimum Gasteiger partial charge on any atom is -0.355 e. The van der Waals surface area contributed by atoms with Crippen LogP contribution in [0, 0.1) is 5.41 Å². The Balaban J connectivity index is 2.56. The van der Waals surface area contributed by atoms with Crippen LogP contribution in [0.25, 0.3) is 0 Å². The van der Waals surface area contributed by atoms with Gasteiger partial charge in [0, 0.05) is 17.3 Å². The molecule has 0 radical (unpaired) electrons. The van der Waals surface area contributed by atoms with Crippen molar-refractivity contribution in [2.75, 3.05) is 32.5 Å². The van der Waals surface area contributed by atoms with Crippen molar-refractivity contribution in [2.45, 2.75) is 20.3 Å². The third-order valence-corrected chi connectivity index (χ3v) is 3.52. The van der Waals surface area contributed by atoms with Crippen LogP contribution in [0.3, 0.4) is 0 Å². The summed E-state index contributed by atoms with van der Waals surface area (Å²) in [5, 5.41) is 6.06. The van der Waals surface area contributed by atoms with E-state index in [0.29, 0.717) is 17.3 Å². The minimum absolute atomic E-state index is 0.286. The number of hydrogen-bond donors (Lipinski definition) is 2. The summed E-state index contributed by atoms with van der Waals surface area (Å²) in [5.41, 5.74) is -0.577. The van der Waals surface area contributed by atoms with E-state index in [2.05, 4.69) is 10.6 Å². The first-order chi connectivity index (χ1) is 10.2. The number of hydrogen-bond acceptors (Lipinski definition) is 3. The van der Waals surface area contributed by atoms with Crippen molar-refractivity contribution >= 4 is 29.1 Å². The number of nitrogens with zero attached hydrogens (tertiary/aromatic N) is 1. The molecule has 0 bridgehead atoms. The van der Waals surface area contributed by atoms with Crippen LogP contribution in [0.1, 0.15) is 20.3 Å². The van der Waals surface area contributed by atoms with E-state index in [1.807, 2.05) is 19.0 Å². The third kappa shape index (κ3) is 5.66. The number of carbonyl (C=O) groups is 2. The van der Waals surface area contributed by atoms with Gasteiger partial charge in [0.15, 0.2) is 0 Å². The zero-order valence-corrected chi connectivity index (χ0v) is 14.3. The number of amides is 2. The van der Waals surface area contributed by atoms with Gasteiger partial charge in [-0.1, -0.05) is 17.7 Å². The molecule has 0 heterocycles. The summed E-state index contributed by atoms with van der Waals surface area (Å²) in [6.45, 7) is 4.64. The molecular formula is C16H24ClN3O2. The predicted molar refractivity (Wildman–Crippen MR) is 90.0 cm³/mol. The fourth-order valence-corrected chi connectivity index (χ4v) is 1.97. The van der Waals surface area contributed by atoms with Gasteiger partial charge in [-0.15, -0.1) is 0 Å². The van der Waals surface area contributed by atoms with Gasteiger partial charge < -0.3 is 15.5 Å². The lowest BCUT2D eigenvalue weighted by atomic mass is 9.91. The first-order valence-electron chi connectivity index (χ1n) is 7.23. The Hall–Kier alpha value is -1.59. The van der Waals surface area contributed by atoms with Crippen molar-refractivity contribution in [2.24, 2.45) is 5.41 Å². The zero-order valence-electron chi connectivity index (χ0n) is 13.6. The smallest absolute Gasteiger partial charge is 0.239 e. The Morgan fingerprint density at radius 3 is 2.50 bits per heavy atom. The Morgan fingerprint density at radius 2 is 1.91 bits per heavy atom. The van der Waals surface area contributed by atoms with Gasteiger partial charge in [-0.25, -0.2) is 0 Å². The summed E-state index contributed by atoms with van der Waals surface area (Å²) in [6, 6.07) is 6.84. The molecule has 2 N–H and O–H groups in total. The maximum Gasteiger partial charge on any atom is 0.239 e. The molecule has 0 aliphatic rings. The Bertz CT molecular complexity index is 530. The molecule has 22 heavy (non-hydrogen) atoms. The van der Waals surface area contributed by atoms with Crippen molar-refractivity contribution in [3.8, 4) is 0 Å². The molecule has 1 aromatic rings. The quantitative estimate of drug-likeness (QED) is 0.597. The highest BCUT2D eigenvalue weighted by Crippen LogP contribution is 2.21. The Kier molecular flexibility index (Phi) is 6.84. The first kappa shape index (κ1) is 18.5. The molecule has 0 unspecified atom stereocenters. The summed E-state index contributed by atoms with van der Waals surface area (Å²) < 4.78 is 0. The van der Waals surface area contributed by atoms with E-state index in [1.165, 1.54) is 0 Å². The summed E-state index contributed by atoms with van der Waals surface area (Å²) in [6.07, 6.45) is 0.838. The molecule has 5 nitrogen and oxygen atoms in total. The number of anilines is 1. The van der Waals surface area contributed by atoms with Crippen molar-refractivity contribution in [1.82, 2.24) is 10.2 Å². The normalized spacial score (nSPS) is 11.4. The van der Waals surface area contributed by atoms with Gasteiger partial charge in [0.25, 0.3) is 0 Å². The second-order valence-electron chi connectivity index (χ2n) is 6.00. The molecule has 1 aromatic carbocycles. The average Bonchev–Trinajstić information content (AvgIpc) is 2.43. The van der Waals surface area contributed by atoms with Crippen LogP contribution in [0.2, 0.25) is 5.02 Å². The molecule has 0 atom stereocenters. The fraction of sp³-hybridized carbons (Fsp3) is 0.500. The monoisotopic (exact) mass is 325 g/mol. The van der Waals surface area contributed by atoms with E-state index in [9.17, 15) is 9.59 Å². The molecule has 122 valence electrons. The first-order valence-corrected chi connectivity index (χ1v) is 7.61. The molecule has 0 fully saturated rings. The van der Waals surface area contributed by atoms with E-state index < -0.39 is 5.41 Å². The predicted octanol–water partition coefficient (Wildman–Crippen LogP) is 2.37. The summed E-state index contributed by atoms with van der Waals surface area (Å²) >= 11 is 5.88. The highest BCUT2D eigenvalue weighted by atomic mass is 35.5. The summed E-state index contributed by atoms with van der Waals surface area (Å²) in [7, 11) is 3.95. The number of carbonyl (C=O) groups excluding carboxylic acids is 2. The molecular weight excluding hydrogens is 302 g/mol. The molecule has 0 saturated heterocycles. The topological polar surface area (TPSA) is 61.4 Å². The molecule has 0 aliphatic carbocycles. The van der Waals surface area contributed by atoms with Crippen LogP contribution in [0.4, 0.5) is 5.69 Å². The lowest BCUT2D eigenvalue weighted by Crippen LogP contribution is -2.45. The number of nitrogens with one attached hydrogen (secondary N) is 2. The largest absolute Gasteiger partial charge is 0.355 e. The average molecular weight is 326 g/mol. The van der Waals surface area contributed by atoms with Crippen LogP contribution in [0.5, 0.6) is 0 Å². The second-order valence-corrected chi connectivity index (χ2v) is 6.44. The van der Waals surface area contributed by atoms with Crippen LogP contribution < -0.4 is 10.6 Å². The highest BCUT2D eigenvalue weighted by Gasteiger charge is 2.35. The van der Waals surface area contributed by atoms with Gasteiger partial charge in [-0.05, 0) is 59.1 Å². The number of benzene rings is 1. The van der Waals surface area contributed by atoms with Gasteiger partial charge in [-0.3, -0.25) is 9.59 Å². The van der Waals surface area contributed by atoms with Crippen molar-refractivity contribution in [1.29, 1.82) is 0 Å². The Labute approximate surface area is 137 Å². The molecule has 0 saturated carbocycles. The van der Waals surface area contributed by atoms with E-state index in [1.54, 1.807) is 38.1 Å². The van der Waals surface area contributed by atoms with E-state index in [4.69, 9.17) is 11.6 Å². The number of rotatable bonds is 7. The van der Waals surface area contributed by atoms with Crippen LogP contribution in [0.15, 0.2) is 24.3 Å². The zero-order chi connectivity index (χ0) is 16.8. The molecule has 0 spiro atoms. The SMILES string of the molecule is CN(C)CCCNC(=O)C(C)(C)C(=O)Nc1cccc(Cl)c1. The highest BCUT2D eigenvalue weighted by molar-refractivity contribution is 6.31. The van der Waals surface area contributed by atoms with E-state index >= 15 is 0 Å². The van der Waals surface area contributed by atoms with Crippen molar-refractivity contribution < 1.29 is 9.59 Å². The lowest BCUT2D eigenvalue weighted by Gasteiger charge is -2.23. The van der Waals surface area contributed by atoms with Gasteiger partial charge in [-0.2, -0.15) is 0 Å². The van der Waals surface area contributed by atoms with Crippen LogP contribution in [-0.4, -0.2) is 43.9 Å². The molecule has 0 aromatic heterocycles. The van der Waals surface area contributed by atoms with Crippen molar-refractivity contribution in [3.63, 3.8) is 0 Å².